The van der Waals surface area contributed by atoms with Crippen molar-refractivity contribution in [3.63, 3.8) is 0 Å². The molecular weight excluding hydrogens is 292 g/mol. The summed E-state index contributed by atoms with van der Waals surface area (Å²) in [4.78, 5) is 0.379. The summed E-state index contributed by atoms with van der Waals surface area (Å²) in [6, 6.07) is 7.13. The summed E-state index contributed by atoms with van der Waals surface area (Å²) in [5, 5.41) is 0.329. The van der Waals surface area contributed by atoms with Crippen LogP contribution >= 0.6 is 11.8 Å². The maximum absolute atomic E-state index is 12.7. The van der Waals surface area contributed by atoms with Gasteiger partial charge in [0.1, 0.15) is 0 Å². The van der Waals surface area contributed by atoms with Crippen molar-refractivity contribution in [2.75, 3.05) is 18.8 Å². The molecule has 0 radical (unpaired) electrons. The quantitative estimate of drug-likeness (QED) is 0.919. The number of nitrogens with two attached hydrogens (primary N) is 1. The molecule has 4 nitrogen and oxygen atoms in total. The zero-order chi connectivity index (χ0) is 14.8. The molecule has 2 unspecified atom stereocenters. The van der Waals surface area contributed by atoms with Gasteiger partial charge in [0.05, 0.1) is 4.90 Å². The minimum atomic E-state index is -3.39. The van der Waals surface area contributed by atoms with Gasteiger partial charge in [0.15, 0.2) is 0 Å². The van der Waals surface area contributed by atoms with E-state index in [4.69, 9.17) is 5.73 Å². The minimum absolute atomic E-state index is 0.0301. The number of thioether (sulfide) groups is 1. The van der Waals surface area contributed by atoms with Crippen LogP contribution < -0.4 is 5.73 Å². The summed E-state index contributed by atoms with van der Waals surface area (Å²) in [6.07, 6.45) is 0.772. The number of sulfonamides is 1. The zero-order valence-electron chi connectivity index (χ0n) is 12.0. The topological polar surface area (TPSA) is 63.4 Å². The fraction of sp³-hybridized carbons (Fsp3) is 0.571. The van der Waals surface area contributed by atoms with Crippen LogP contribution in [0, 0.1) is 0 Å². The molecule has 2 atom stereocenters. The Morgan fingerprint density at radius 3 is 2.55 bits per heavy atom. The highest BCUT2D eigenvalue weighted by atomic mass is 32.2. The second kappa shape index (κ2) is 6.47. The molecule has 20 heavy (non-hydrogen) atoms. The molecule has 1 aliphatic rings. The largest absolute Gasteiger partial charge is 0.330 e. The fourth-order valence-electron chi connectivity index (χ4n) is 2.37. The lowest BCUT2D eigenvalue weighted by atomic mass is 10.2. The summed E-state index contributed by atoms with van der Waals surface area (Å²) in [7, 11) is -3.39. The molecular formula is C14H22N2O2S2. The molecule has 1 aromatic carbocycles. The Morgan fingerprint density at radius 2 is 1.95 bits per heavy atom. The molecule has 112 valence electrons. The molecule has 0 amide bonds. The van der Waals surface area contributed by atoms with Crippen LogP contribution in [0.25, 0.3) is 0 Å². The highest BCUT2D eigenvalue weighted by Crippen LogP contribution is 2.29. The van der Waals surface area contributed by atoms with Crippen LogP contribution in [-0.2, 0) is 16.4 Å². The van der Waals surface area contributed by atoms with Crippen LogP contribution in [0.15, 0.2) is 29.2 Å². The van der Waals surface area contributed by atoms with Crippen molar-refractivity contribution >= 4 is 21.8 Å². The zero-order valence-corrected chi connectivity index (χ0v) is 13.6. The molecule has 0 saturated carbocycles. The average molecular weight is 314 g/mol. The Bertz CT molecular complexity index is 543. The van der Waals surface area contributed by atoms with Gasteiger partial charge in [-0.15, -0.1) is 0 Å². The highest BCUT2D eigenvalue weighted by Gasteiger charge is 2.34. The maximum Gasteiger partial charge on any atom is 0.243 e. The van der Waals surface area contributed by atoms with Crippen molar-refractivity contribution < 1.29 is 8.42 Å². The Balaban J connectivity index is 2.25. The average Bonchev–Trinajstić information content (AvgIpc) is 2.42. The molecule has 0 aromatic heterocycles. The smallest absolute Gasteiger partial charge is 0.243 e. The molecule has 1 fully saturated rings. The first-order valence-corrected chi connectivity index (χ1v) is 9.38. The molecule has 6 heteroatoms. The molecule has 1 saturated heterocycles. The monoisotopic (exact) mass is 314 g/mol. The van der Waals surface area contributed by atoms with Crippen LogP contribution in [-0.4, -0.2) is 42.9 Å². The van der Waals surface area contributed by atoms with E-state index in [1.165, 1.54) is 0 Å². The van der Waals surface area contributed by atoms with Gasteiger partial charge in [0, 0.05) is 23.6 Å². The van der Waals surface area contributed by atoms with Gasteiger partial charge in [0.2, 0.25) is 10.0 Å². The Hall–Kier alpha value is -0.560. The Morgan fingerprint density at radius 1 is 1.30 bits per heavy atom. The van der Waals surface area contributed by atoms with Crippen LogP contribution in [0.2, 0.25) is 0 Å². The number of benzene rings is 1. The second-order valence-electron chi connectivity index (χ2n) is 5.11. The number of hydrogen-bond acceptors (Lipinski definition) is 4. The van der Waals surface area contributed by atoms with Gasteiger partial charge in [-0.3, -0.25) is 0 Å². The SMILES string of the molecule is CC1SCCN(S(=O)(=O)c2ccc(CCN)cc2)C1C. The van der Waals surface area contributed by atoms with Crippen LogP contribution in [0.1, 0.15) is 19.4 Å². The summed E-state index contributed by atoms with van der Waals surface area (Å²) in [6.45, 7) is 5.23. The first-order chi connectivity index (χ1) is 9.46. The van der Waals surface area contributed by atoms with Gasteiger partial charge in [-0.05, 0) is 37.6 Å². The van der Waals surface area contributed by atoms with Gasteiger partial charge in [0.25, 0.3) is 0 Å². The first kappa shape index (κ1) is 15.8. The molecule has 0 bridgehead atoms. The van der Waals surface area contributed by atoms with Crippen LogP contribution in [0.4, 0.5) is 0 Å². The van der Waals surface area contributed by atoms with Crippen molar-refractivity contribution in [2.24, 2.45) is 5.73 Å². The molecule has 1 aliphatic heterocycles. The van der Waals surface area contributed by atoms with E-state index in [0.29, 0.717) is 23.2 Å². The van der Waals surface area contributed by atoms with Crippen LogP contribution in [0.3, 0.4) is 0 Å². The molecule has 0 aliphatic carbocycles. The number of nitrogens with zero attached hydrogens (tertiary/aromatic N) is 1. The lowest BCUT2D eigenvalue weighted by Gasteiger charge is -2.36. The molecule has 1 heterocycles. The standard InChI is InChI=1S/C14H22N2O2S2/c1-11-12(2)19-10-9-16(11)20(17,18)14-5-3-13(4-6-14)7-8-15/h3-6,11-12H,7-10,15H2,1-2H3. The first-order valence-electron chi connectivity index (χ1n) is 6.89. The van der Waals surface area contributed by atoms with Crippen molar-refractivity contribution in [3.05, 3.63) is 29.8 Å². The van der Waals surface area contributed by atoms with Gasteiger partial charge < -0.3 is 5.73 Å². The lowest BCUT2D eigenvalue weighted by molar-refractivity contribution is 0.340. The molecule has 1 aromatic rings. The van der Waals surface area contributed by atoms with E-state index in [-0.39, 0.29) is 6.04 Å². The van der Waals surface area contributed by atoms with Crippen molar-refractivity contribution in [1.29, 1.82) is 0 Å². The summed E-state index contributed by atoms with van der Waals surface area (Å²) in [5.74, 6) is 0.857. The number of rotatable bonds is 4. The van der Waals surface area contributed by atoms with Crippen molar-refractivity contribution in [1.82, 2.24) is 4.31 Å². The van der Waals surface area contributed by atoms with E-state index in [1.54, 1.807) is 16.4 Å². The van der Waals surface area contributed by atoms with Gasteiger partial charge in [-0.25, -0.2) is 8.42 Å². The third kappa shape index (κ3) is 3.19. The Labute approximate surface area is 125 Å². The van der Waals surface area contributed by atoms with E-state index in [2.05, 4.69) is 6.92 Å². The molecule has 0 spiro atoms. The minimum Gasteiger partial charge on any atom is -0.330 e. The fourth-order valence-corrected chi connectivity index (χ4v) is 5.37. The van der Waals surface area contributed by atoms with E-state index >= 15 is 0 Å². The maximum atomic E-state index is 12.7. The van der Waals surface area contributed by atoms with Gasteiger partial charge >= 0.3 is 0 Å². The molecule has 2 N–H and O–H groups in total. The van der Waals surface area contributed by atoms with Crippen LogP contribution in [0.5, 0.6) is 0 Å². The highest BCUT2D eigenvalue weighted by molar-refractivity contribution is 8.00. The summed E-state index contributed by atoms with van der Waals surface area (Å²) in [5.41, 5.74) is 6.58. The number of hydrogen-bond donors (Lipinski definition) is 1. The van der Waals surface area contributed by atoms with E-state index in [9.17, 15) is 8.42 Å². The molecule has 2 rings (SSSR count). The summed E-state index contributed by atoms with van der Waals surface area (Å²) < 4.78 is 27.0. The van der Waals surface area contributed by atoms with E-state index in [1.807, 2.05) is 30.8 Å². The third-order valence-corrected chi connectivity index (χ3v) is 7.13. The third-order valence-electron chi connectivity index (χ3n) is 3.79. The van der Waals surface area contributed by atoms with E-state index in [0.717, 1.165) is 17.7 Å². The van der Waals surface area contributed by atoms with Crippen molar-refractivity contribution in [3.8, 4) is 0 Å². The van der Waals surface area contributed by atoms with Gasteiger partial charge in [-0.1, -0.05) is 19.1 Å². The van der Waals surface area contributed by atoms with E-state index < -0.39 is 10.0 Å². The normalized spacial score (nSPS) is 24.8. The van der Waals surface area contributed by atoms with Crippen molar-refractivity contribution in [2.45, 2.75) is 36.5 Å². The second-order valence-corrected chi connectivity index (χ2v) is 8.49. The predicted molar refractivity (Wildman–Crippen MR) is 84.5 cm³/mol. The van der Waals surface area contributed by atoms with Gasteiger partial charge in [-0.2, -0.15) is 16.1 Å². The lowest BCUT2D eigenvalue weighted by Crippen LogP contribution is -2.47. The summed E-state index contributed by atoms with van der Waals surface area (Å²) >= 11 is 1.83. The predicted octanol–water partition coefficient (Wildman–Crippen LogP) is 1.70. The Kier molecular flexibility index (Phi) is 5.12.